The van der Waals surface area contributed by atoms with Crippen molar-refractivity contribution in [2.24, 2.45) is 11.8 Å². The number of anilines is 1. The highest BCUT2D eigenvalue weighted by molar-refractivity contribution is 7.52. The lowest BCUT2D eigenvalue weighted by molar-refractivity contribution is -0.149. The maximum absolute atomic E-state index is 14.2. The third-order valence-electron chi connectivity index (χ3n) is 6.09. The Morgan fingerprint density at radius 2 is 1.97 bits per heavy atom. The molecule has 0 bridgehead atoms. The van der Waals surface area contributed by atoms with Crippen molar-refractivity contribution in [2.45, 2.75) is 39.0 Å². The summed E-state index contributed by atoms with van der Waals surface area (Å²) in [5.74, 6) is -1.13. The van der Waals surface area contributed by atoms with Crippen molar-refractivity contribution in [2.75, 3.05) is 19.0 Å². The highest BCUT2D eigenvalue weighted by Crippen LogP contribution is 2.52. The first-order valence-electron chi connectivity index (χ1n) is 11.8. The number of hydrogen-bond donors (Lipinski definition) is 2. The summed E-state index contributed by atoms with van der Waals surface area (Å²) in [6, 6.07) is 6.97. The minimum absolute atomic E-state index is 0.156. The zero-order chi connectivity index (χ0) is 26.7. The Kier molecular flexibility index (Phi) is 7.91. The predicted molar refractivity (Wildman–Crippen MR) is 135 cm³/mol. The number of nitrogens with zero attached hydrogens (tertiary/aromatic N) is 4. The normalized spacial score (nSPS) is 21.9. The first-order valence-corrected chi connectivity index (χ1v) is 13.3. The van der Waals surface area contributed by atoms with Gasteiger partial charge in [-0.15, -0.1) is 0 Å². The van der Waals surface area contributed by atoms with Gasteiger partial charge in [0.25, 0.3) is 0 Å². The number of carbonyl (C=O) groups is 1. The number of carbonyl (C=O) groups excluding carboxylic acids is 1. The number of nitrogens with one attached hydrogen (secondary N) is 1. The van der Waals surface area contributed by atoms with Crippen LogP contribution in [0.15, 0.2) is 55.1 Å². The molecule has 1 fully saturated rings. The van der Waals surface area contributed by atoms with Gasteiger partial charge in [-0.25, -0.2) is 19.5 Å². The topological polar surface area (TPSA) is 143 Å². The Hall–Kier alpha value is -3.34. The van der Waals surface area contributed by atoms with Crippen LogP contribution in [-0.4, -0.2) is 50.9 Å². The lowest BCUT2D eigenvalue weighted by Crippen LogP contribution is -2.45. The number of hydrogen-bond acceptors (Lipinski definition) is 9. The molecule has 5 atom stereocenters. The smallest absolute Gasteiger partial charge is 0.459 e. The van der Waals surface area contributed by atoms with Crippen molar-refractivity contribution in [3.8, 4) is 5.75 Å². The summed E-state index contributed by atoms with van der Waals surface area (Å²) in [5, 5.41) is 2.63. The molecule has 2 heterocycles. The van der Waals surface area contributed by atoms with Gasteiger partial charge in [0.05, 0.1) is 31.8 Å². The summed E-state index contributed by atoms with van der Waals surface area (Å²) in [4.78, 5) is 24.7. The first-order chi connectivity index (χ1) is 17.6. The van der Waals surface area contributed by atoms with Gasteiger partial charge in [0.2, 0.25) is 0 Å². The summed E-state index contributed by atoms with van der Waals surface area (Å²) in [6.07, 6.45) is 2.49. The Morgan fingerprint density at radius 3 is 2.65 bits per heavy atom. The molecule has 0 spiro atoms. The van der Waals surface area contributed by atoms with Gasteiger partial charge in [0, 0.05) is 11.8 Å². The average molecular weight is 533 g/mol. The number of aromatic nitrogens is 4. The molecule has 2 aromatic heterocycles. The SMILES string of the molecule is C=C1[C@@H](n2cnc3c(N)ncnc32)[C@H](CF)[C@H]1COP(=O)(NC(C)C(=O)OC(C)C)Oc1ccccc1. The van der Waals surface area contributed by atoms with Crippen molar-refractivity contribution in [3.05, 3.63) is 55.1 Å². The zero-order valence-electron chi connectivity index (χ0n) is 20.8. The van der Waals surface area contributed by atoms with Gasteiger partial charge in [-0.05, 0) is 38.5 Å². The number of nitrogen functional groups attached to an aromatic ring is 1. The van der Waals surface area contributed by atoms with E-state index in [-0.39, 0.29) is 24.3 Å². The first kappa shape index (κ1) is 26.7. The van der Waals surface area contributed by atoms with Crippen LogP contribution in [0.1, 0.15) is 26.8 Å². The molecule has 0 saturated heterocycles. The van der Waals surface area contributed by atoms with E-state index in [4.69, 9.17) is 19.5 Å². The summed E-state index contributed by atoms with van der Waals surface area (Å²) >= 11 is 0. The second-order valence-corrected chi connectivity index (χ2v) is 10.8. The third-order valence-corrected chi connectivity index (χ3v) is 7.74. The number of alkyl halides is 1. The maximum atomic E-state index is 14.2. The van der Waals surface area contributed by atoms with Crippen molar-refractivity contribution >= 4 is 30.7 Å². The van der Waals surface area contributed by atoms with Crippen molar-refractivity contribution in [3.63, 3.8) is 0 Å². The van der Waals surface area contributed by atoms with Crippen LogP contribution in [0.5, 0.6) is 5.75 Å². The van der Waals surface area contributed by atoms with E-state index in [0.717, 1.165) is 0 Å². The number of para-hydroxylation sites is 1. The van der Waals surface area contributed by atoms with E-state index in [1.165, 1.54) is 19.6 Å². The lowest BCUT2D eigenvalue weighted by Gasteiger charge is -2.46. The average Bonchev–Trinajstić information content (AvgIpc) is 3.27. The van der Waals surface area contributed by atoms with E-state index in [1.807, 2.05) is 0 Å². The zero-order valence-corrected chi connectivity index (χ0v) is 21.7. The molecular weight excluding hydrogens is 502 g/mol. The van der Waals surface area contributed by atoms with E-state index >= 15 is 0 Å². The van der Waals surface area contributed by atoms with E-state index in [1.54, 1.807) is 48.7 Å². The molecule has 1 aliphatic carbocycles. The molecule has 1 aliphatic rings. The highest BCUT2D eigenvalue weighted by Gasteiger charge is 2.48. The van der Waals surface area contributed by atoms with E-state index in [0.29, 0.717) is 16.7 Å². The number of halogens is 1. The Balaban J connectivity index is 1.51. The number of imidazole rings is 1. The minimum Gasteiger partial charge on any atom is -0.462 e. The van der Waals surface area contributed by atoms with Crippen molar-refractivity contribution in [1.82, 2.24) is 24.6 Å². The molecule has 2 unspecified atom stereocenters. The monoisotopic (exact) mass is 532 g/mol. The molecular formula is C24H30FN6O5P. The van der Waals surface area contributed by atoms with Crippen molar-refractivity contribution in [1.29, 1.82) is 0 Å². The molecule has 1 saturated carbocycles. The molecule has 37 heavy (non-hydrogen) atoms. The standard InChI is InChI=1S/C24H30FN6O5P/c1-14(2)35-24(32)16(4)30-37(33,36-17-8-6-5-7-9-17)34-11-19-15(3)21(18(19)10-25)31-13-29-20-22(26)27-12-28-23(20)31/h5-9,12-14,16,18-19,21H,3,10-11H2,1-2,4H3,(H,30,33)(H2,26,27,28)/t16?,18-,19+,21-,37?/m1/s1. The van der Waals surface area contributed by atoms with Crippen LogP contribution in [-0.2, 0) is 18.6 Å². The van der Waals surface area contributed by atoms with Gasteiger partial charge in [-0.1, -0.05) is 24.8 Å². The van der Waals surface area contributed by atoms with Gasteiger partial charge in [-0.2, -0.15) is 5.09 Å². The molecule has 198 valence electrons. The fraction of sp³-hybridized carbons (Fsp3) is 0.417. The van der Waals surface area contributed by atoms with Crippen LogP contribution >= 0.6 is 7.75 Å². The van der Waals surface area contributed by atoms with E-state index in [9.17, 15) is 13.8 Å². The van der Waals surface area contributed by atoms with E-state index < -0.39 is 44.3 Å². The number of fused-ring (bicyclic) bond motifs is 1. The number of rotatable bonds is 11. The van der Waals surface area contributed by atoms with Crippen LogP contribution in [0.25, 0.3) is 11.2 Å². The molecule has 0 amide bonds. The summed E-state index contributed by atoms with van der Waals surface area (Å²) < 4.78 is 46.3. The van der Waals surface area contributed by atoms with Crippen LogP contribution in [0, 0.1) is 11.8 Å². The van der Waals surface area contributed by atoms with Gasteiger partial charge in [-0.3, -0.25) is 13.7 Å². The van der Waals surface area contributed by atoms with Crippen LogP contribution < -0.4 is 15.3 Å². The van der Waals surface area contributed by atoms with Gasteiger partial charge >= 0.3 is 13.7 Å². The largest absolute Gasteiger partial charge is 0.462 e. The molecule has 1 aromatic carbocycles. The number of ether oxygens (including phenoxy) is 1. The van der Waals surface area contributed by atoms with Crippen LogP contribution in [0.3, 0.4) is 0 Å². The van der Waals surface area contributed by atoms with Crippen molar-refractivity contribution < 1.29 is 27.5 Å². The number of nitrogens with two attached hydrogens (primary N) is 1. The van der Waals surface area contributed by atoms with Gasteiger partial charge < -0.3 is 19.6 Å². The summed E-state index contributed by atoms with van der Waals surface area (Å²) in [5.41, 5.74) is 7.41. The van der Waals surface area contributed by atoms with Crippen LogP contribution in [0.4, 0.5) is 10.2 Å². The molecule has 4 rings (SSSR count). The highest BCUT2D eigenvalue weighted by atomic mass is 31.2. The van der Waals surface area contributed by atoms with Gasteiger partial charge in [0.1, 0.15) is 23.6 Å². The molecule has 3 aromatic rings. The molecule has 0 aliphatic heterocycles. The predicted octanol–water partition coefficient (Wildman–Crippen LogP) is 3.85. The second-order valence-electron chi connectivity index (χ2n) is 9.06. The fourth-order valence-electron chi connectivity index (χ4n) is 4.26. The summed E-state index contributed by atoms with van der Waals surface area (Å²) in [6.45, 7) is 8.19. The fourth-order valence-corrected chi connectivity index (χ4v) is 5.78. The quantitative estimate of drug-likeness (QED) is 0.212. The lowest BCUT2D eigenvalue weighted by atomic mass is 9.66. The van der Waals surface area contributed by atoms with Crippen LogP contribution in [0.2, 0.25) is 0 Å². The molecule has 11 nitrogen and oxygen atoms in total. The summed E-state index contributed by atoms with van der Waals surface area (Å²) in [7, 11) is -4.09. The number of benzene rings is 1. The van der Waals surface area contributed by atoms with E-state index in [2.05, 4.69) is 26.6 Å². The van der Waals surface area contributed by atoms with Gasteiger partial charge in [0.15, 0.2) is 11.5 Å². The second kappa shape index (κ2) is 11.0. The minimum atomic E-state index is -4.09. The number of esters is 1. The molecule has 13 heteroatoms. The third kappa shape index (κ3) is 5.66. The maximum Gasteiger partial charge on any atom is 0.459 e. The molecule has 0 radical (unpaired) electrons. The molecule has 3 N–H and O–H groups in total. The Labute approximate surface area is 213 Å². The Morgan fingerprint density at radius 1 is 1.24 bits per heavy atom. The Bertz CT molecular complexity index is 1320.